The number of carbonyl (C=O) groups excluding carboxylic acids is 1. The van der Waals surface area contributed by atoms with Gasteiger partial charge < -0.3 is 0 Å². The lowest BCUT2D eigenvalue weighted by atomic mass is 9.74. The summed E-state index contributed by atoms with van der Waals surface area (Å²) in [6.07, 6.45) is 10.2. The Kier molecular flexibility index (Phi) is 7.40. The molecule has 0 unspecified atom stereocenters. The van der Waals surface area contributed by atoms with Gasteiger partial charge in [-0.2, -0.15) is 8.42 Å². The Morgan fingerprint density at radius 2 is 0.806 bits per heavy atom. The zero-order valence-corrected chi connectivity index (χ0v) is 21.4. The molecule has 2 fully saturated rings. The molecule has 0 bridgehead atoms. The number of hydrogen-bond acceptors (Lipinski definition) is 3. The van der Waals surface area contributed by atoms with Crippen LogP contribution in [0.1, 0.15) is 108 Å². The van der Waals surface area contributed by atoms with Gasteiger partial charge in [-0.25, -0.2) is 0 Å². The van der Waals surface area contributed by atoms with Crippen molar-refractivity contribution in [2.24, 2.45) is 0 Å². The molecule has 5 heteroatoms. The maximum absolute atomic E-state index is 11.3. The molecule has 188 valence electrons. The Hall–Kier alpha value is -2.76. The molecule has 3 aromatic rings. The summed E-state index contributed by atoms with van der Waals surface area (Å²) in [7, 11) is -4.14. The van der Waals surface area contributed by atoms with Crippen LogP contribution in [0, 0.1) is 0 Å². The molecule has 2 aliphatic rings. The molecule has 1 N–H and O–H groups in total. The minimum absolute atomic E-state index is 0.0400. The summed E-state index contributed by atoms with van der Waals surface area (Å²) in [6, 6.07) is 24.2. The highest BCUT2D eigenvalue weighted by Gasteiger charge is 2.26. The summed E-state index contributed by atoms with van der Waals surface area (Å²) in [5.41, 5.74) is 6.16. The van der Waals surface area contributed by atoms with E-state index >= 15 is 0 Å². The number of hydrogen-bond donors (Lipinski definition) is 1. The van der Waals surface area contributed by atoms with Gasteiger partial charge in [-0.1, -0.05) is 60.7 Å². The Morgan fingerprint density at radius 3 is 1.08 bits per heavy atom. The topological polar surface area (TPSA) is 71.4 Å². The second-order valence-electron chi connectivity index (χ2n) is 10.6. The van der Waals surface area contributed by atoms with E-state index in [1.807, 2.05) is 24.3 Å². The molecule has 3 aromatic carbocycles. The third kappa shape index (κ3) is 5.63. The van der Waals surface area contributed by atoms with E-state index in [0.29, 0.717) is 23.7 Å². The molecule has 0 amide bonds. The van der Waals surface area contributed by atoms with Crippen LogP contribution in [0.2, 0.25) is 0 Å². The number of aldehydes is 1. The normalized spacial score (nSPS) is 24.8. The predicted molar refractivity (Wildman–Crippen MR) is 142 cm³/mol. The van der Waals surface area contributed by atoms with Crippen LogP contribution in [0.15, 0.2) is 77.7 Å². The lowest BCUT2D eigenvalue weighted by molar-refractivity contribution is 0.112. The largest absolute Gasteiger partial charge is 0.298 e. The molecule has 0 heterocycles. The van der Waals surface area contributed by atoms with Gasteiger partial charge in [0.25, 0.3) is 10.1 Å². The average Bonchev–Trinajstić information content (AvgIpc) is 2.93. The van der Waals surface area contributed by atoms with Crippen molar-refractivity contribution in [2.45, 2.75) is 79.9 Å². The van der Waals surface area contributed by atoms with Gasteiger partial charge in [-0.15, -0.1) is 0 Å². The first-order chi connectivity index (χ1) is 17.4. The highest BCUT2D eigenvalue weighted by molar-refractivity contribution is 7.85. The van der Waals surface area contributed by atoms with Gasteiger partial charge in [0.2, 0.25) is 0 Å². The van der Waals surface area contributed by atoms with Gasteiger partial charge in [-0.05, 0) is 109 Å². The lowest BCUT2D eigenvalue weighted by Crippen LogP contribution is -2.13. The van der Waals surface area contributed by atoms with Gasteiger partial charge in [0.1, 0.15) is 6.29 Å². The van der Waals surface area contributed by atoms with E-state index in [0.717, 1.165) is 43.1 Å². The van der Waals surface area contributed by atoms with Crippen LogP contribution < -0.4 is 0 Å². The SMILES string of the molecule is O=Cc1ccc(C2CCC(c3ccc(C4CCC(c5ccc(S(=O)(=O)O)cc5)CC4)cc3)CC2)cc1. The first-order valence-electron chi connectivity index (χ1n) is 13.1. The summed E-state index contributed by atoms with van der Waals surface area (Å²) in [6.45, 7) is 0. The lowest BCUT2D eigenvalue weighted by Gasteiger charge is -2.31. The second-order valence-corrected chi connectivity index (χ2v) is 12.0. The van der Waals surface area contributed by atoms with Crippen molar-refractivity contribution >= 4 is 16.4 Å². The second kappa shape index (κ2) is 10.7. The highest BCUT2D eigenvalue weighted by atomic mass is 32.2. The first-order valence-corrected chi connectivity index (χ1v) is 14.6. The van der Waals surface area contributed by atoms with Crippen molar-refractivity contribution in [1.29, 1.82) is 0 Å². The van der Waals surface area contributed by atoms with Gasteiger partial charge in [0.15, 0.2) is 0 Å². The Labute approximate surface area is 214 Å². The van der Waals surface area contributed by atoms with E-state index in [2.05, 4.69) is 36.4 Å². The van der Waals surface area contributed by atoms with Crippen molar-refractivity contribution in [3.05, 3.63) is 101 Å². The van der Waals surface area contributed by atoms with Crippen LogP contribution >= 0.6 is 0 Å². The molecule has 2 saturated carbocycles. The number of benzene rings is 3. The summed E-state index contributed by atoms with van der Waals surface area (Å²) in [5, 5.41) is 0. The highest BCUT2D eigenvalue weighted by Crippen LogP contribution is 2.43. The van der Waals surface area contributed by atoms with Crippen molar-refractivity contribution in [3.8, 4) is 0 Å². The monoisotopic (exact) mass is 502 g/mol. The molecule has 0 aromatic heterocycles. The molecular formula is C31H34O4S. The van der Waals surface area contributed by atoms with E-state index in [1.54, 1.807) is 0 Å². The van der Waals surface area contributed by atoms with E-state index in [9.17, 15) is 17.8 Å². The molecule has 0 saturated heterocycles. The smallest absolute Gasteiger partial charge is 0.294 e. The van der Waals surface area contributed by atoms with Crippen LogP contribution in [-0.2, 0) is 10.1 Å². The zero-order valence-electron chi connectivity index (χ0n) is 20.6. The minimum Gasteiger partial charge on any atom is -0.298 e. The van der Waals surface area contributed by atoms with Crippen LogP contribution in [0.4, 0.5) is 0 Å². The third-order valence-electron chi connectivity index (χ3n) is 8.53. The van der Waals surface area contributed by atoms with Crippen LogP contribution in [0.5, 0.6) is 0 Å². The molecule has 36 heavy (non-hydrogen) atoms. The minimum atomic E-state index is -4.14. The Morgan fingerprint density at radius 1 is 0.528 bits per heavy atom. The van der Waals surface area contributed by atoms with Crippen molar-refractivity contribution in [1.82, 2.24) is 0 Å². The van der Waals surface area contributed by atoms with Crippen LogP contribution in [-0.4, -0.2) is 19.3 Å². The quantitative estimate of drug-likeness (QED) is 0.278. The van der Waals surface area contributed by atoms with Crippen molar-refractivity contribution < 1.29 is 17.8 Å². The van der Waals surface area contributed by atoms with Crippen molar-refractivity contribution in [2.75, 3.05) is 0 Å². The van der Waals surface area contributed by atoms with Crippen molar-refractivity contribution in [3.63, 3.8) is 0 Å². The van der Waals surface area contributed by atoms with Gasteiger partial charge in [-0.3, -0.25) is 9.35 Å². The first kappa shape index (κ1) is 24.9. The molecule has 5 rings (SSSR count). The average molecular weight is 503 g/mol. The molecule has 0 radical (unpaired) electrons. The maximum Gasteiger partial charge on any atom is 0.294 e. The van der Waals surface area contributed by atoms with E-state index in [-0.39, 0.29) is 4.90 Å². The number of carbonyl (C=O) groups is 1. The summed E-state index contributed by atoms with van der Waals surface area (Å²) < 4.78 is 31.8. The molecule has 2 aliphatic carbocycles. The van der Waals surface area contributed by atoms with Gasteiger partial charge in [0, 0.05) is 5.56 Å². The van der Waals surface area contributed by atoms with Crippen LogP contribution in [0.25, 0.3) is 0 Å². The maximum atomic E-state index is 11.3. The molecule has 0 aliphatic heterocycles. The van der Waals surface area contributed by atoms with E-state index in [4.69, 9.17) is 0 Å². The predicted octanol–water partition coefficient (Wildman–Crippen LogP) is 7.63. The Bertz CT molecular complexity index is 1260. The van der Waals surface area contributed by atoms with Gasteiger partial charge >= 0.3 is 0 Å². The standard InChI is InChI=1S/C31H34O4S/c32-21-22-1-3-23(4-2-22)24-5-7-25(8-6-24)26-9-11-27(12-10-26)28-13-15-29(16-14-28)30-17-19-31(20-18-30)36(33,34)35/h1-4,9-12,17-21,24-25,28-29H,5-8,13-16H2,(H,33,34,35). The van der Waals surface area contributed by atoms with E-state index in [1.165, 1.54) is 54.5 Å². The zero-order chi connectivity index (χ0) is 25.1. The summed E-state index contributed by atoms with van der Waals surface area (Å²) in [4.78, 5) is 10.9. The fourth-order valence-corrected chi connectivity index (χ4v) is 6.80. The molecule has 0 spiro atoms. The summed E-state index contributed by atoms with van der Waals surface area (Å²) >= 11 is 0. The van der Waals surface area contributed by atoms with E-state index < -0.39 is 10.1 Å². The molecule has 0 atom stereocenters. The molecule has 4 nitrogen and oxygen atoms in total. The molecular weight excluding hydrogens is 468 g/mol. The van der Waals surface area contributed by atoms with Gasteiger partial charge in [0.05, 0.1) is 4.90 Å². The Balaban J connectivity index is 1.14. The number of rotatable bonds is 6. The fourth-order valence-electron chi connectivity index (χ4n) is 6.32. The fraction of sp³-hybridized carbons (Fsp3) is 0.387. The third-order valence-corrected chi connectivity index (χ3v) is 9.39. The van der Waals surface area contributed by atoms with Crippen LogP contribution in [0.3, 0.4) is 0 Å². The summed E-state index contributed by atoms with van der Waals surface area (Å²) in [5.74, 6) is 2.25.